The van der Waals surface area contributed by atoms with Gasteiger partial charge in [0.15, 0.2) is 0 Å². The smallest absolute Gasteiger partial charge is 0.249 e. The lowest BCUT2D eigenvalue weighted by Crippen LogP contribution is -2.25. The topological polar surface area (TPSA) is 101 Å². The molecule has 6 nitrogen and oxygen atoms in total. The minimum atomic E-state index is -0.460. The van der Waals surface area contributed by atoms with Gasteiger partial charge in [0.05, 0.1) is 5.56 Å². The molecule has 1 aliphatic rings. The molecule has 0 bridgehead atoms. The van der Waals surface area contributed by atoms with Crippen LogP contribution in [0.3, 0.4) is 0 Å². The van der Waals surface area contributed by atoms with Gasteiger partial charge in [-0.3, -0.25) is 9.59 Å². The van der Waals surface area contributed by atoms with Crippen molar-refractivity contribution < 1.29 is 9.59 Å². The van der Waals surface area contributed by atoms with Crippen molar-refractivity contribution in [2.75, 3.05) is 0 Å². The molecular formula is C18H18N4O2S. The highest BCUT2D eigenvalue weighted by Crippen LogP contribution is 2.36. The van der Waals surface area contributed by atoms with Gasteiger partial charge in [-0.2, -0.15) is 0 Å². The summed E-state index contributed by atoms with van der Waals surface area (Å²) in [5, 5.41) is 3.97. The predicted octanol–water partition coefficient (Wildman–Crippen LogP) is 2.60. The number of aromatic nitrogens is 2. The van der Waals surface area contributed by atoms with E-state index in [-0.39, 0.29) is 5.91 Å². The predicted molar refractivity (Wildman–Crippen MR) is 97.4 cm³/mol. The van der Waals surface area contributed by atoms with Crippen LogP contribution in [0.15, 0.2) is 30.6 Å². The molecule has 7 heteroatoms. The van der Waals surface area contributed by atoms with Crippen LogP contribution in [0.2, 0.25) is 0 Å². The third-order valence-electron chi connectivity index (χ3n) is 4.31. The summed E-state index contributed by atoms with van der Waals surface area (Å²) in [4.78, 5) is 33.0. The van der Waals surface area contributed by atoms with Crippen molar-refractivity contribution in [3.8, 4) is 10.4 Å². The van der Waals surface area contributed by atoms with E-state index in [9.17, 15) is 9.59 Å². The molecule has 4 rings (SSSR count). The van der Waals surface area contributed by atoms with Crippen LogP contribution < -0.4 is 11.1 Å². The van der Waals surface area contributed by atoms with Crippen molar-refractivity contribution in [2.24, 2.45) is 5.73 Å². The number of carbonyl (C=O) groups is 2. The highest BCUT2D eigenvalue weighted by atomic mass is 32.1. The molecule has 4 N–H and O–H groups in total. The van der Waals surface area contributed by atoms with E-state index in [1.807, 2.05) is 24.4 Å². The first-order valence-electron chi connectivity index (χ1n) is 8.26. The SMILES string of the molecule is NC(=O)c1cc(-c2c[nH]c3ncccc23)sc1CCC(=O)NC1CC1. The maximum Gasteiger partial charge on any atom is 0.249 e. The minimum absolute atomic E-state index is 0.0316. The molecule has 1 aliphatic carbocycles. The molecule has 0 saturated heterocycles. The van der Waals surface area contributed by atoms with Crippen LogP contribution in [-0.4, -0.2) is 27.8 Å². The second-order valence-corrected chi connectivity index (χ2v) is 7.39. The summed E-state index contributed by atoms with van der Waals surface area (Å²) in [6.07, 6.45) is 6.63. The Morgan fingerprint density at radius 3 is 3.00 bits per heavy atom. The van der Waals surface area contributed by atoms with Gasteiger partial charge < -0.3 is 16.0 Å². The third kappa shape index (κ3) is 3.28. The van der Waals surface area contributed by atoms with Crippen LogP contribution in [0.5, 0.6) is 0 Å². The van der Waals surface area contributed by atoms with Crippen molar-refractivity contribution in [1.29, 1.82) is 0 Å². The van der Waals surface area contributed by atoms with Gasteiger partial charge in [0.2, 0.25) is 11.8 Å². The van der Waals surface area contributed by atoms with E-state index in [4.69, 9.17) is 5.73 Å². The molecule has 3 heterocycles. The van der Waals surface area contributed by atoms with E-state index in [0.717, 1.165) is 39.2 Å². The average molecular weight is 354 g/mol. The summed E-state index contributed by atoms with van der Waals surface area (Å²) >= 11 is 1.51. The van der Waals surface area contributed by atoms with Gasteiger partial charge in [0, 0.05) is 45.6 Å². The van der Waals surface area contributed by atoms with E-state index in [1.54, 1.807) is 6.20 Å². The molecule has 0 aromatic carbocycles. The number of nitrogens with zero attached hydrogens (tertiary/aromatic N) is 1. The van der Waals surface area contributed by atoms with Gasteiger partial charge in [-0.15, -0.1) is 11.3 Å². The lowest BCUT2D eigenvalue weighted by Gasteiger charge is -2.03. The van der Waals surface area contributed by atoms with E-state index >= 15 is 0 Å². The molecule has 0 spiro atoms. The average Bonchev–Trinajstić information content (AvgIpc) is 3.14. The van der Waals surface area contributed by atoms with Gasteiger partial charge in [0.25, 0.3) is 0 Å². The molecule has 1 fully saturated rings. The van der Waals surface area contributed by atoms with Crippen molar-refractivity contribution in [3.05, 3.63) is 41.0 Å². The van der Waals surface area contributed by atoms with Crippen molar-refractivity contribution in [1.82, 2.24) is 15.3 Å². The molecule has 0 radical (unpaired) electrons. The second-order valence-electron chi connectivity index (χ2n) is 6.26. The van der Waals surface area contributed by atoms with Crippen LogP contribution in [-0.2, 0) is 11.2 Å². The Hall–Kier alpha value is -2.67. The van der Waals surface area contributed by atoms with Gasteiger partial charge >= 0.3 is 0 Å². The normalized spacial score (nSPS) is 13.9. The number of carbonyl (C=O) groups excluding carboxylic acids is 2. The summed E-state index contributed by atoms with van der Waals surface area (Å²) in [6.45, 7) is 0. The van der Waals surface area contributed by atoms with Crippen LogP contribution >= 0.6 is 11.3 Å². The number of thiophene rings is 1. The molecule has 0 unspecified atom stereocenters. The van der Waals surface area contributed by atoms with Gasteiger partial charge in [0.1, 0.15) is 5.65 Å². The molecule has 3 aromatic rings. The number of aromatic amines is 1. The van der Waals surface area contributed by atoms with Crippen LogP contribution in [0.25, 0.3) is 21.5 Å². The summed E-state index contributed by atoms with van der Waals surface area (Å²) in [7, 11) is 0. The Balaban J connectivity index is 1.61. The summed E-state index contributed by atoms with van der Waals surface area (Å²) < 4.78 is 0. The zero-order chi connectivity index (χ0) is 17.4. The zero-order valence-electron chi connectivity index (χ0n) is 13.5. The van der Waals surface area contributed by atoms with Crippen molar-refractivity contribution in [2.45, 2.75) is 31.7 Å². The molecule has 3 aromatic heterocycles. The quantitative estimate of drug-likeness (QED) is 0.634. The monoisotopic (exact) mass is 354 g/mol. The van der Waals surface area contributed by atoms with E-state index in [2.05, 4.69) is 15.3 Å². The first kappa shape index (κ1) is 15.8. The second kappa shape index (κ2) is 6.33. The number of hydrogen-bond donors (Lipinski definition) is 3. The van der Waals surface area contributed by atoms with E-state index in [1.165, 1.54) is 11.3 Å². The Morgan fingerprint density at radius 1 is 1.40 bits per heavy atom. The Labute approximate surface area is 148 Å². The molecule has 1 saturated carbocycles. The summed E-state index contributed by atoms with van der Waals surface area (Å²) in [6, 6.07) is 6.03. The van der Waals surface area contributed by atoms with E-state index in [0.29, 0.717) is 24.4 Å². The summed E-state index contributed by atoms with van der Waals surface area (Å²) in [5.74, 6) is -0.428. The Kier molecular flexibility index (Phi) is 4.01. The number of pyridine rings is 1. The first-order chi connectivity index (χ1) is 12.1. The van der Waals surface area contributed by atoms with Gasteiger partial charge in [-0.1, -0.05) is 0 Å². The molecule has 128 valence electrons. The lowest BCUT2D eigenvalue weighted by molar-refractivity contribution is -0.121. The standard InChI is InChI=1S/C18H18N4O2S/c19-17(24)12-8-15(13-9-21-18-11(13)2-1-7-20-18)25-14(12)5-6-16(23)22-10-3-4-10/h1-2,7-10H,3-6H2,(H2,19,24)(H,20,21)(H,22,23). The third-order valence-corrected chi connectivity index (χ3v) is 5.54. The molecule has 2 amide bonds. The molecule has 25 heavy (non-hydrogen) atoms. The lowest BCUT2D eigenvalue weighted by atomic mass is 10.1. The van der Waals surface area contributed by atoms with Crippen LogP contribution in [0.1, 0.15) is 34.5 Å². The molecular weight excluding hydrogens is 336 g/mol. The molecule has 0 aliphatic heterocycles. The highest BCUT2D eigenvalue weighted by Gasteiger charge is 2.23. The number of amides is 2. The van der Waals surface area contributed by atoms with Crippen LogP contribution in [0, 0.1) is 0 Å². The van der Waals surface area contributed by atoms with Gasteiger partial charge in [-0.05, 0) is 37.5 Å². The fourth-order valence-corrected chi connectivity index (χ4v) is 4.06. The number of aryl methyl sites for hydroxylation is 1. The molecule has 0 atom stereocenters. The van der Waals surface area contributed by atoms with Crippen molar-refractivity contribution >= 4 is 34.2 Å². The highest BCUT2D eigenvalue weighted by molar-refractivity contribution is 7.16. The number of rotatable bonds is 6. The fourth-order valence-electron chi connectivity index (χ4n) is 2.87. The maximum atomic E-state index is 11.9. The minimum Gasteiger partial charge on any atom is -0.366 e. The fraction of sp³-hybridized carbons (Fsp3) is 0.278. The number of primary amides is 1. The van der Waals surface area contributed by atoms with Gasteiger partial charge in [-0.25, -0.2) is 4.98 Å². The number of fused-ring (bicyclic) bond motifs is 1. The zero-order valence-corrected chi connectivity index (χ0v) is 14.4. The van der Waals surface area contributed by atoms with Crippen LogP contribution in [0.4, 0.5) is 0 Å². The van der Waals surface area contributed by atoms with Crippen molar-refractivity contribution in [3.63, 3.8) is 0 Å². The van der Waals surface area contributed by atoms with E-state index < -0.39 is 5.91 Å². The number of hydrogen-bond acceptors (Lipinski definition) is 4. The maximum absolute atomic E-state index is 11.9. The number of H-pyrrole nitrogens is 1. The number of nitrogens with two attached hydrogens (primary N) is 1. The summed E-state index contributed by atoms with van der Waals surface area (Å²) in [5.41, 5.74) is 7.83. The first-order valence-corrected chi connectivity index (χ1v) is 9.08. The largest absolute Gasteiger partial charge is 0.366 e. The Bertz CT molecular complexity index is 955. The number of nitrogens with one attached hydrogen (secondary N) is 2. The Morgan fingerprint density at radius 2 is 2.24 bits per heavy atom.